The second kappa shape index (κ2) is 10.6. The maximum absolute atomic E-state index is 2.96. The van der Waals surface area contributed by atoms with Crippen LogP contribution in [0.25, 0.3) is 0 Å². The van der Waals surface area contributed by atoms with Crippen molar-refractivity contribution in [3.63, 3.8) is 0 Å². The summed E-state index contributed by atoms with van der Waals surface area (Å²) in [5, 5.41) is 5.48. The van der Waals surface area contributed by atoms with Gasteiger partial charge in [0.2, 0.25) is 8.07 Å². The third-order valence-corrected chi connectivity index (χ3v) is 15.3. The molecule has 6 aromatic rings. The van der Waals surface area contributed by atoms with Crippen molar-refractivity contribution in [2.75, 3.05) is 9.80 Å². The highest BCUT2D eigenvalue weighted by atomic mass is 28.3. The average Bonchev–Trinajstić information content (AvgIpc) is 3.51. The van der Waals surface area contributed by atoms with Gasteiger partial charge in [0, 0.05) is 45.2 Å². The molecule has 3 heteroatoms. The molecule has 0 spiro atoms. The topological polar surface area (TPSA) is 6.48 Å². The smallest absolute Gasteiger partial charge is 0.218 e. The number of hydrogen-bond donors (Lipinski definition) is 0. The molecule has 0 amide bonds. The van der Waals surface area contributed by atoms with E-state index in [1.165, 1.54) is 66.0 Å². The lowest BCUT2D eigenvalue weighted by molar-refractivity contribution is 0.631. The minimum absolute atomic E-state index is 0.131. The SMILES string of the molecule is CC1(C)c2ccccc2N(C2=CC=C(N3c4ccccc4Cc4ccccc43)[Si]2(c2ccccc2)c2ccccc2)c2ccccc21. The van der Waals surface area contributed by atoms with Crippen LogP contribution in [0.15, 0.2) is 181 Å². The van der Waals surface area contributed by atoms with Crippen LogP contribution >= 0.6 is 0 Å². The molecule has 3 aliphatic rings. The number of allylic oxidation sites excluding steroid dienone is 2. The van der Waals surface area contributed by atoms with E-state index in [9.17, 15) is 0 Å². The number of rotatable bonds is 4. The Morgan fingerprint density at radius 3 is 1.26 bits per heavy atom. The van der Waals surface area contributed by atoms with Crippen LogP contribution in [0.4, 0.5) is 22.7 Å². The average molecular weight is 621 g/mol. The fraction of sp³-hybridized carbons (Fsp3) is 0.0909. The number of fused-ring (bicyclic) bond motifs is 4. The fourth-order valence-electron chi connectivity index (χ4n) is 8.44. The summed E-state index contributed by atoms with van der Waals surface area (Å²) in [7, 11) is -2.96. The third kappa shape index (κ3) is 3.96. The first kappa shape index (κ1) is 27.9. The van der Waals surface area contributed by atoms with Crippen LogP contribution in [0.5, 0.6) is 0 Å². The molecule has 226 valence electrons. The summed E-state index contributed by atoms with van der Waals surface area (Å²) in [5.41, 5.74) is 10.4. The summed E-state index contributed by atoms with van der Waals surface area (Å²) in [6, 6.07) is 58.8. The van der Waals surface area contributed by atoms with Crippen LogP contribution < -0.4 is 20.2 Å². The van der Waals surface area contributed by atoms with Crippen molar-refractivity contribution >= 4 is 41.2 Å². The lowest BCUT2D eigenvalue weighted by Gasteiger charge is -2.48. The van der Waals surface area contributed by atoms with Gasteiger partial charge in [-0.25, -0.2) is 0 Å². The molecule has 9 rings (SSSR count). The van der Waals surface area contributed by atoms with Crippen molar-refractivity contribution < 1.29 is 0 Å². The lowest BCUT2D eigenvalue weighted by atomic mass is 9.74. The van der Waals surface area contributed by atoms with Crippen LogP contribution in [0, 0.1) is 0 Å². The zero-order valence-corrected chi connectivity index (χ0v) is 27.8. The van der Waals surface area contributed by atoms with Gasteiger partial charge in [-0.1, -0.05) is 147 Å². The van der Waals surface area contributed by atoms with E-state index in [1.807, 2.05) is 0 Å². The third-order valence-electron chi connectivity index (χ3n) is 10.5. The van der Waals surface area contributed by atoms with Crippen LogP contribution in [0.3, 0.4) is 0 Å². The molecule has 47 heavy (non-hydrogen) atoms. The van der Waals surface area contributed by atoms with Gasteiger partial charge in [-0.15, -0.1) is 0 Å². The van der Waals surface area contributed by atoms with Gasteiger partial charge in [0.25, 0.3) is 0 Å². The molecule has 0 aliphatic carbocycles. The van der Waals surface area contributed by atoms with Gasteiger partial charge in [0.05, 0.1) is 0 Å². The predicted octanol–water partition coefficient (Wildman–Crippen LogP) is 9.33. The van der Waals surface area contributed by atoms with Crippen molar-refractivity contribution in [1.29, 1.82) is 0 Å². The molecular weight excluding hydrogens is 585 g/mol. The molecule has 0 aromatic heterocycles. The van der Waals surface area contributed by atoms with Gasteiger partial charge in [0.15, 0.2) is 0 Å². The predicted molar refractivity (Wildman–Crippen MR) is 199 cm³/mol. The quantitative estimate of drug-likeness (QED) is 0.181. The Balaban J connectivity index is 1.38. The second-order valence-corrected chi connectivity index (χ2v) is 17.0. The number of anilines is 4. The van der Waals surface area contributed by atoms with Gasteiger partial charge in [-0.05, 0) is 69.0 Å². The molecular formula is C44H36N2Si. The van der Waals surface area contributed by atoms with Crippen molar-refractivity contribution in [2.45, 2.75) is 25.7 Å². The number of para-hydroxylation sites is 4. The Labute approximate surface area is 278 Å². The summed E-state index contributed by atoms with van der Waals surface area (Å²) < 4.78 is 0. The molecule has 0 N–H and O–H groups in total. The number of hydrogen-bond acceptors (Lipinski definition) is 2. The minimum Gasteiger partial charge on any atom is -0.316 e. The number of nitrogens with zero attached hydrogens (tertiary/aromatic N) is 2. The van der Waals surface area contributed by atoms with Crippen LogP contribution in [0.2, 0.25) is 0 Å². The van der Waals surface area contributed by atoms with E-state index in [1.54, 1.807) is 0 Å². The highest BCUT2D eigenvalue weighted by Crippen LogP contribution is 2.54. The molecule has 3 heterocycles. The first-order chi connectivity index (χ1) is 23.1. The van der Waals surface area contributed by atoms with E-state index in [0.717, 1.165) is 6.42 Å². The van der Waals surface area contributed by atoms with Crippen molar-refractivity contribution in [3.8, 4) is 0 Å². The van der Waals surface area contributed by atoms with Gasteiger partial charge < -0.3 is 9.80 Å². The number of benzene rings is 6. The molecule has 0 unspecified atom stereocenters. The molecule has 2 nitrogen and oxygen atoms in total. The Kier molecular flexibility index (Phi) is 6.28. The molecule has 0 bridgehead atoms. The van der Waals surface area contributed by atoms with Gasteiger partial charge in [0.1, 0.15) is 0 Å². The van der Waals surface area contributed by atoms with E-state index in [2.05, 4.69) is 194 Å². The zero-order valence-electron chi connectivity index (χ0n) is 26.8. The largest absolute Gasteiger partial charge is 0.316 e. The Hall–Kier alpha value is -5.38. The molecule has 0 saturated carbocycles. The van der Waals surface area contributed by atoms with Gasteiger partial charge >= 0.3 is 0 Å². The second-order valence-electron chi connectivity index (χ2n) is 13.4. The normalized spacial score (nSPS) is 16.7. The lowest BCUT2D eigenvalue weighted by Crippen LogP contribution is -2.66. The zero-order chi connectivity index (χ0) is 31.6. The van der Waals surface area contributed by atoms with Gasteiger partial charge in [-0.2, -0.15) is 0 Å². The summed E-state index contributed by atoms with van der Waals surface area (Å²) >= 11 is 0. The van der Waals surface area contributed by atoms with Crippen LogP contribution in [-0.4, -0.2) is 8.07 Å². The first-order valence-electron chi connectivity index (χ1n) is 16.6. The molecule has 0 atom stereocenters. The highest BCUT2D eigenvalue weighted by Gasteiger charge is 2.54. The summed E-state index contributed by atoms with van der Waals surface area (Å²) in [4.78, 5) is 5.23. The standard InChI is InChI=1S/C44H36N2Si/c1-44(2)36-23-11-15-27-40(36)46(41-28-16-12-24-37(41)44)43-30-29-42(47(43,34-19-5-3-6-20-34)35-21-7-4-8-22-35)45-38-25-13-9-17-32(38)31-33-18-10-14-26-39(33)45/h3-30H,31H2,1-2H3. The first-order valence-corrected chi connectivity index (χ1v) is 18.6. The van der Waals surface area contributed by atoms with E-state index in [-0.39, 0.29) is 5.41 Å². The summed E-state index contributed by atoms with van der Waals surface area (Å²) in [6.45, 7) is 4.74. The molecule has 6 aromatic carbocycles. The van der Waals surface area contributed by atoms with Crippen LogP contribution in [0.1, 0.15) is 36.1 Å². The molecule has 0 radical (unpaired) electrons. The monoisotopic (exact) mass is 620 g/mol. The fourth-order valence-corrected chi connectivity index (χ4v) is 13.4. The maximum atomic E-state index is 2.62. The van der Waals surface area contributed by atoms with Crippen LogP contribution in [-0.2, 0) is 11.8 Å². The minimum atomic E-state index is -2.96. The van der Waals surface area contributed by atoms with Crippen molar-refractivity contribution in [1.82, 2.24) is 0 Å². The van der Waals surface area contributed by atoms with E-state index < -0.39 is 8.07 Å². The summed E-state index contributed by atoms with van der Waals surface area (Å²) in [5.74, 6) is 0. The summed E-state index contributed by atoms with van der Waals surface area (Å²) in [6.07, 6.45) is 5.84. The van der Waals surface area contributed by atoms with Gasteiger partial charge in [-0.3, -0.25) is 0 Å². The van der Waals surface area contributed by atoms with Crippen molar-refractivity contribution in [2.24, 2.45) is 0 Å². The van der Waals surface area contributed by atoms with Crippen molar-refractivity contribution in [3.05, 3.63) is 203 Å². The Morgan fingerprint density at radius 1 is 0.426 bits per heavy atom. The molecule has 0 saturated heterocycles. The van der Waals surface area contributed by atoms with E-state index in [0.29, 0.717) is 0 Å². The highest BCUT2D eigenvalue weighted by molar-refractivity contribution is 7.13. The van der Waals surface area contributed by atoms with E-state index >= 15 is 0 Å². The Bertz CT molecular complexity index is 2080. The molecule has 3 aliphatic heterocycles. The van der Waals surface area contributed by atoms with E-state index in [4.69, 9.17) is 0 Å². The maximum Gasteiger partial charge on any atom is 0.218 e. The Morgan fingerprint density at radius 2 is 0.787 bits per heavy atom. The molecule has 0 fully saturated rings.